The molecule has 5 heteroatoms. The zero-order valence-corrected chi connectivity index (χ0v) is 16.0. The van der Waals surface area contributed by atoms with Gasteiger partial charge in [0.25, 0.3) is 0 Å². The van der Waals surface area contributed by atoms with Gasteiger partial charge >= 0.3 is 0 Å². The topological polar surface area (TPSA) is 55.9 Å². The van der Waals surface area contributed by atoms with E-state index < -0.39 is 0 Å². The number of aryl methyl sites for hydroxylation is 3. The number of hydrogen-bond donors (Lipinski definition) is 2. The first kappa shape index (κ1) is 17.5. The van der Waals surface area contributed by atoms with Gasteiger partial charge in [0.2, 0.25) is 0 Å². The average Bonchev–Trinajstić information content (AvgIpc) is 3.09. The maximum absolute atomic E-state index is 6.05. The van der Waals surface area contributed by atoms with Crippen molar-refractivity contribution in [2.75, 3.05) is 11.9 Å². The first-order valence-corrected chi connectivity index (χ1v) is 9.96. The van der Waals surface area contributed by atoms with Crippen LogP contribution in [-0.2, 0) is 7.05 Å². The van der Waals surface area contributed by atoms with Crippen LogP contribution in [0.5, 0.6) is 0 Å². The number of nitrogens with two attached hydrogens (primary N) is 1. The zero-order chi connectivity index (χ0) is 17.1. The van der Waals surface area contributed by atoms with Crippen LogP contribution in [0.1, 0.15) is 49.0 Å². The lowest BCUT2D eigenvalue weighted by atomic mass is 9.85. The largest absolute Gasteiger partial charge is 0.373 e. The summed E-state index contributed by atoms with van der Waals surface area (Å²) in [7, 11) is 2.01. The van der Waals surface area contributed by atoms with Gasteiger partial charge in [-0.05, 0) is 37.8 Å². The van der Waals surface area contributed by atoms with E-state index in [4.69, 9.17) is 5.73 Å². The van der Waals surface area contributed by atoms with Crippen LogP contribution in [0, 0.1) is 19.8 Å². The van der Waals surface area contributed by atoms with E-state index in [1.54, 1.807) is 0 Å². The van der Waals surface area contributed by atoms with E-state index in [1.807, 2.05) is 29.3 Å². The Morgan fingerprint density at radius 1 is 1.33 bits per heavy atom. The number of nitrogens with one attached hydrogen (secondary N) is 1. The second-order valence-electron chi connectivity index (χ2n) is 7.20. The quantitative estimate of drug-likeness (QED) is 0.811. The summed E-state index contributed by atoms with van der Waals surface area (Å²) in [4.78, 5) is 1.33. The minimum absolute atomic E-state index is 0.381. The fourth-order valence-corrected chi connectivity index (χ4v) is 4.96. The van der Waals surface area contributed by atoms with Crippen LogP contribution in [0.15, 0.2) is 12.3 Å². The van der Waals surface area contributed by atoms with Crippen molar-refractivity contribution in [2.24, 2.45) is 18.7 Å². The average molecular weight is 347 g/mol. The van der Waals surface area contributed by atoms with Crippen LogP contribution in [0.3, 0.4) is 0 Å². The van der Waals surface area contributed by atoms with Crippen molar-refractivity contribution in [2.45, 2.75) is 58.4 Å². The fraction of sp³-hybridized carbons (Fsp3) is 0.632. The molecule has 0 spiro atoms. The van der Waals surface area contributed by atoms with Gasteiger partial charge < -0.3 is 11.1 Å². The summed E-state index contributed by atoms with van der Waals surface area (Å²) in [6, 6.07) is 2.65. The lowest BCUT2D eigenvalue weighted by Gasteiger charge is -2.26. The molecule has 1 fully saturated rings. The van der Waals surface area contributed by atoms with Crippen LogP contribution < -0.4 is 11.1 Å². The summed E-state index contributed by atoms with van der Waals surface area (Å²) in [6.07, 6.45) is 10.1. The van der Waals surface area contributed by atoms with Gasteiger partial charge in [0.1, 0.15) is 0 Å². The van der Waals surface area contributed by atoms with Crippen LogP contribution in [0.2, 0.25) is 0 Å². The maximum atomic E-state index is 6.05. The van der Waals surface area contributed by atoms with Crippen molar-refractivity contribution < 1.29 is 0 Å². The number of nitrogens with zero attached hydrogens (tertiary/aromatic N) is 2. The molecule has 132 valence electrons. The molecule has 2 heterocycles. The third-order valence-corrected chi connectivity index (χ3v) is 6.25. The summed E-state index contributed by atoms with van der Waals surface area (Å²) in [5.41, 5.74) is 9.78. The highest BCUT2D eigenvalue weighted by Crippen LogP contribution is 2.36. The van der Waals surface area contributed by atoms with E-state index in [1.165, 1.54) is 65.2 Å². The lowest BCUT2D eigenvalue weighted by molar-refractivity contribution is 0.325. The third kappa shape index (κ3) is 3.83. The molecule has 2 aromatic heterocycles. The van der Waals surface area contributed by atoms with Gasteiger partial charge in [-0.25, -0.2) is 0 Å². The standard InChI is InChI=1S/C19H30N4S/c1-13-12-21-23(3)19(13)17-10-18(24-14(17)2)22-16(11-20)9-15-7-5-4-6-8-15/h10,12,15-16,22H,4-9,11,20H2,1-3H3/t16-/m0/s1. The minimum Gasteiger partial charge on any atom is -0.373 e. The Morgan fingerprint density at radius 3 is 2.71 bits per heavy atom. The molecule has 0 amide bonds. The van der Waals surface area contributed by atoms with Gasteiger partial charge in [-0.2, -0.15) is 5.10 Å². The number of hydrogen-bond acceptors (Lipinski definition) is 4. The molecule has 0 aliphatic heterocycles. The highest BCUT2D eigenvalue weighted by molar-refractivity contribution is 7.16. The first-order chi connectivity index (χ1) is 11.6. The molecular weight excluding hydrogens is 316 g/mol. The molecule has 0 bridgehead atoms. The summed E-state index contributed by atoms with van der Waals surface area (Å²) < 4.78 is 1.97. The Hall–Kier alpha value is -1.33. The van der Waals surface area contributed by atoms with Crippen LogP contribution in [0.25, 0.3) is 11.3 Å². The second-order valence-corrected chi connectivity index (χ2v) is 8.45. The molecule has 1 aliphatic rings. The molecule has 4 nitrogen and oxygen atoms in total. The molecule has 1 aliphatic carbocycles. The molecule has 24 heavy (non-hydrogen) atoms. The smallest absolute Gasteiger partial charge is 0.0894 e. The highest BCUT2D eigenvalue weighted by atomic mass is 32.1. The molecule has 0 aromatic carbocycles. The van der Waals surface area contributed by atoms with Crippen molar-refractivity contribution in [1.82, 2.24) is 9.78 Å². The van der Waals surface area contributed by atoms with Crippen LogP contribution >= 0.6 is 11.3 Å². The first-order valence-electron chi connectivity index (χ1n) is 9.14. The normalized spacial score (nSPS) is 17.2. The van der Waals surface area contributed by atoms with E-state index in [-0.39, 0.29) is 0 Å². The summed E-state index contributed by atoms with van der Waals surface area (Å²) in [5.74, 6) is 0.847. The van der Waals surface area contributed by atoms with Gasteiger partial charge in [0.05, 0.1) is 16.9 Å². The molecule has 3 rings (SSSR count). The Labute approximate surface area is 149 Å². The van der Waals surface area contributed by atoms with Gasteiger partial charge in [0, 0.05) is 30.1 Å². The monoisotopic (exact) mass is 346 g/mol. The molecule has 3 N–H and O–H groups in total. The second kappa shape index (κ2) is 7.70. The number of thiophene rings is 1. The Bertz CT molecular complexity index is 647. The van der Waals surface area contributed by atoms with Gasteiger partial charge in [-0.3, -0.25) is 4.68 Å². The molecule has 0 saturated heterocycles. The predicted octanol–water partition coefficient (Wildman–Crippen LogP) is 4.48. The van der Waals surface area contributed by atoms with Crippen molar-refractivity contribution in [3.8, 4) is 11.3 Å². The van der Waals surface area contributed by atoms with Crippen molar-refractivity contribution in [3.05, 3.63) is 22.7 Å². The minimum atomic E-state index is 0.381. The van der Waals surface area contributed by atoms with Gasteiger partial charge in [-0.15, -0.1) is 11.3 Å². The molecule has 0 unspecified atom stereocenters. The van der Waals surface area contributed by atoms with E-state index in [0.29, 0.717) is 12.6 Å². The summed E-state index contributed by atoms with van der Waals surface area (Å²) in [5, 5.41) is 9.31. The molecular formula is C19H30N4S. The number of aromatic nitrogens is 2. The Balaban J connectivity index is 1.71. The molecule has 1 saturated carbocycles. The summed E-state index contributed by atoms with van der Waals surface area (Å²) in [6.45, 7) is 5.02. The number of anilines is 1. The predicted molar refractivity (Wildman–Crippen MR) is 104 cm³/mol. The van der Waals surface area contributed by atoms with E-state index >= 15 is 0 Å². The van der Waals surface area contributed by atoms with Crippen molar-refractivity contribution >= 4 is 16.3 Å². The molecule has 1 atom stereocenters. The molecule has 2 aromatic rings. The molecule has 0 radical (unpaired) electrons. The fourth-order valence-electron chi connectivity index (χ4n) is 3.96. The van der Waals surface area contributed by atoms with E-state index in [0.717, 1.165) is 5.92 Å². The van der Waals surface area contributed by atoms with Crippen LogP contribution in [-0.4, -0.2) is 22.4 Å². The van der Waals surface area contributed by atoms with Crippen LogP contribution in [0.4, 0.5) is 5.00 Å². The maximum Gasteiger partial charge on any atom is 0.0894 e. The van der Waals surface area contributed by atoms with Crippen molar-refractivity contribution in [1.29, 1.82) is 0 Å². The Morgan fingerprint density at radius 2 is 2.08 bits per heavy atom. The highest BCUT2D eigenvalue weighted by Gasteiger charge is 2.20. The van der Waals surface area contributed by atoms with Gasteiger partial charge in [-0.1, -0.05) is 32.1 Å². The van der Waals surface area contributed by atoms with Gasteiger partial charge in [0.15, 0.2) is 0 Å². The van der Waals surface area contributed by atoms with E-state index in [2.05, 4.69) is 30.3 Å². The van der Waals surface area contributed by atoms with Crippen molar-refractivity contribution in [3.63, 3.8) is 0 Å². The third-order valence-electron chi connectivity index (χ3n) is 5.27. The van der Waals surface area contributed by atoms with E-state index in [9.17, 15) is 0 Å². The SMILES string of the molecule is Cc1cnn(C)c1-c1cc(N[C@H](CN)CC2CCCCC2)sc1C. The zero-order valence-electron chi connectivity index (χ0n) is 15.1. The lowest BCUT2D eigenvalue weighted by Crippen LogP contribution is -2.31. The summed E-state index contributed by atoms with van der Waals surface area (Å²) >= 11 is 1.83. The Kier molecular flexibility index (Phi) is 5.61. The number of rotatable bonds is 6.